The molecule has 0 spiro atoms. The van der Waals surface area contributed by atoms with Crippen LogP contribution in [-0.4, -0.2) is 13.1 Å². The molecule has 0 fully saturated rings. The van der Waals surface area contributed by atoms with Crippen LogP contribution in [0.15, 0.2) is 18.2 Å². The number of carbonyl (C=O) groups is 1. The average molecular weight is 231 g/mol. The average Bonchev–Trinajstić information content (AvgIpc) is 2.23. The number of benzene rings is 1. The molecule has 0 radical (unpaired) electrons. The maximum Gasteiger partial charge on any atom is 0.305 e. The van der Waals surface area contributed by atoms with Crippen molar-refractivity contribution < 1.29 is 13.9 Å². The summed E-state index contributed by atoms with van der Waals surface area (Å²) < 4.78 is 17.7. The molecule has 4 heteroatoms. The van der Waals surface area contributed by atoms with Crippen molar-refractivity contribution in [1.82, 2.24) is 0 Å². The molecule has 0 aliphatic rings. The Balaban J connectivity index is 2.50. The van der Waals surface area contributed by atoms with E-state index < -0.39 is 0 Å². The van der Waals surface area contributed by atoms with Crippen LogP contribution >= 0.6 is 11.6 Å². The third-order valence-corrected chi connectivity index (χ3v) is 2.30. The zero-order valence-electron chi connectivity index (χ0n) is 8.43. The SMILES string of the molecule is COC(=O)CCCc1cc(Cl)ccc1F. The third kappa shape index (κ3) is 3.88. The van der Waals surface area contributed by atoms with Crippen LogP contribution in [-0.2, 0) is 16.0 Å². The van der Waals surface area contributed by atoms with Crippen LogP contribution in [0.4, 0.5) is 4.39 Å². The number of hydrogen-bond donors (Lipinski definition) is 0. The van der Waals surface area contributed by atoms with E-state index in [1.54, 1.807) is 6.07 Å². The first-order valence-electron chi connectivity index (χ1n) is 4.64. The molecule has 0 unspecified atom stereocenters. The maximum absolute atomic E-state index is 13.2. The second-order valence-electron chi connectivity index (χ2n) is 3.17. The number of ether oxygens (including phenoxy) is 1. The Bertz CT molecular complexity index is 352. The normalized spacial score (nSPS) is 10.1. The number of aryl methyl sites for hydroxylation is 1. The Labute approximate surface area is 93.0 Å². The first-order chi connectivity index (χ1) is 7.13. The Hall–Kier alpha value is -1.09. The number of carbonyl (C=O) groups excluding carboxylic acids is 1. The lowest BCUT2D eigenvalue weighted by molar-refractivity contribution is -0.140. The van der Waals surface area contributed by atoms with Gasteiger partial charge < -0.3 is 4.74 Å². The zero-order valence-corrected chi connectivity index (χ0v) is 9.18. The van der Waals surface area contributed by atoms with Crippen LogP contribution in [0.1, 0.15) is 18.4 Å². The Morgan fingerprint density at radius 2 is 2.27 bits per heavy atom. The maximum atomic E-state index is 13.2. The topological polar surface area (TPSA) is 26.3 Å². The zero-order chi connectivity index (χ0) is 11.3. The first kappa shape index (κ1) is 12.0. The van der Waals surface area contributed by atoms with E-state index in [4.69, 9.17) is 11.6 Å². The first-order valence-corrected chi connectivity index (χ1v) is 5.02. The Morgan fingerprint density at radius 1 is 1.53 bits per heavy atom. The van der Waals surface area contributed by atoms with Gasteiger partial charge in [-0.15, -0.1) is 0 Å². The molecule has 1 aromatic rings. The molecule has 82 valence electrons. The van der Waals surface area contributed by atoms with Crippen molar-refractivity contribution in [2.45, 2.75) is 19.3 Å². The molecule has 15 heavy (non-hydrogen) atoms. The number of esters is 1. The standard InChI is InChI=1S/C11H12ClFO2/c1-15-11(14)4-2-3-8-7-9(12)5-6-10(8)13/h5-7H,2-4H2,1H3. The Morgan fingerprint density at radius 3 is 2.93 bits per heavy atom. The van der Waals surface area contributed by atoms with Gasteiger partial charge in [0.15, 0.2) is 0 Å². The van der Waals surface area contributed by atoms with Crippen LogP contribution in [0.25, 0.3) is 0 Å². The van der Waals surface area contributed by atoms with Crippen LogP contribution < -0.4 is 0 Å². The van der Waals surface area contributed by atoms with Crippen molar-refractivity contribution in [1.29, 1.82) is 0 Å². The third-order valence-electron chi connectivity index (χ3n) is 2.06. The quantitative estimate of drug-likeness (QED) is 0.744. The van der Waals surface area contributed by atoms with Gasteiger partial charge in [0.2, 0.25) is 0 Å². The van der Waals surface area contributed by atoms with Crippen LogP contribution in [0, 0.1) is 5.82 Å². The van der Waals surface area contributed by atoms with Crippen LogP contribution in [0.3, 0.4) is 0 Å². The summed E-state index contributed by atoms with van der Waals surface area (Å²) in [5.74, 6) is -0.568. The highest BCUT2D eigenvalue weighted by Crippen LogP contribution is 2.16. The molecular weight excluding hydrogens is 219 g/mol. The molecule has 0 aromatic heterocycles. The van der Waals surface area contributed by atoms with E-state index in [-0.39, 0.29) is 11.8 Å². The van der Waals surface area contributed by atoms with Crippen molar-refractivity contribution in [2.75, 3.05) is 7.11 Å². The minimum Gasteiger partial charge on any atom is -0.469 e. The van der Waals surface area contributed by atoms with Crippen molar-refractivity contribution in [2.24, 2.45) is 0 Å². The molecule has 1 rings (SSSR count). The van der Waals surface area contributed by atoms with E-state index in [0.717, 1.165) is 0 Å². The highest BCUT2D eigenvalue weighted by atomic mass is 35.5. The molecular formula is C11H12ClFO2. The number of rotatable bonds is 4. The summed E-state index contributed by atoms with van der Waals surface area (Å²) in [7, 11) is 1.34. The predicted molar refractivity (Wildman–Crippen MR) is 56.4 cm³/mol. The van der Waals surface area contributed by atoms with Gasteiger partial charge in [0, 0.05) is 11.4 Å². The second kappa shape index (κ2) is 5.71. The van der Waals surface area contributed by atoms with E-state index in [0.29, 0.717) is 29.8 Å². The summed E-state index contributed by atoms with van der Waals surface area (Å²) in [5, 5.41) is 0.504. The summed E-state index contributed by atoms with van der Waals surface area (Å²) in [6, 6.07) is 4.41. The van der Waals surface area contributed by atoms with E-state index in [9.17, 15) is 9.18 Å². The van der Waals surface area contributed by atoms with Crippen molar-refractivity contribution >= 4 is 17.6 Å². The summed E-state index contributed by atoms with van der Waals surface area (Å²) in [4.78, 5) is 10.8. The largest absolute Gasteiger partial charge is 0.469 e. The Kier molecular flexibility index (Phi) is 4.56. The van der Waals surface area contributed by atoms with Gasteiger partial charge in [0.05, 0.1) is 7.11 Å². The monoisotopic (exact) mass is 230 g/mol. The minimum atomic E-state index is -0.288. The van der Waals surface area contributed by atoms with Gasteiger partial charge in [-0.3, -0.25) is 4.79 Å². The molecule has 0 aliphatic heterocycles. The lowest BCUT2D eigenvalue weighted by Crippen LogP contribution is -2.01. The van der Waals surface area contributed by atoms with Gasteiger partial charge in [-0.1, -0.05) is 11.6 Å². The van der Waals surface area contributed by atoms with Crippen molar-refractivity contribution in [3.05, 3.63) is 34.6 Å². The van der Waals surface area contributed by atoms with E-state index in [1.807, 2.05) is 0 Å². The smallest absolute Gasteiger partial charge is 0.305 e. The summed E-state index contributed by atoms with van der Waals surface area (Å²) in [6.45, 7) is 0. The van der Waals surface area contributed by atoms with Crippen LogP contribution in [0.5, 0.6) is 0 Å². The number of methoxy groups -OCH3 is 1. The fraction of sp³-hybridized carbons (Fsp3) is 0.364. The molecule has 0 amide bonds. The van der Waals surface area contributed by atoms with Gasteiger partial charge in [-0.05, 0) is 36.6 Å². The summed E-state index contributed by atoms with van der Waals surface area (Å²) in [5.41, 5.74) is 0.534. The van der Waals surface area contributed by atoms with Gasteiger partial charge in [-0.2, -0.15) is 0 Å². The van der Waals surface area contributed by atoms with Gasteiger partial charge in [0.1, 0.15) is 5.82 Å². The van der Waals surface area contributed by atoms with Crippen LogP contribution in [0.2, 0.25) is 5.02 Å². The number of hydrogen-bond acceptors (Lipinski definition) is 2. The van der Waals surface area contributed by atoms with E-state index in [1.165, 1.54) is 19.2 Å². The molecule has 1 aromatic carbocycles. The minimum absolute atomic E-state index is 0.280. The molecule has 0 N–H and O–H groups in total. The second-order valence-corrected chi connectivity index (χ2v) is 3.60. The highest BCUT2D eigenvalue weighted by molar-refractivity contribution is 6.30. The van der Waals surface area contributed by atoms with E-state index >= 15 is 0 Å². The van der Waals surface area contributed by atoms with Gasteiger partial charge in [-0.25, -0.2) is 4.39 Å². The molecule has 0 saturated heterocycles. The van der Waals surface area contributed by atoms with Crippen molar-refractivity contribution in [3.8, 4) is 0 Å². The predicted octanol–water partition coefficient (Wildman–Crippen LogP) is 2.97. The van der Waals surface area contributed by atoms with E-state index in [2.05, 4.69) is 4.74 Å². The van der Waals surface area contributed by atoms with Gasteiger partial charge >= 0.3 is 5.97 Å². The molecule has 0 atom stereocenters. The molecule has 2 nitrogen and oxygen atoms in total. The lowest BCUT2D eigenvalue weighted by Gasteiger charge is -2.03. The number of halogens is 2. The molecule has 0 aliphatic carbocycles. The summed E-state index contributed by atoms with van der Waals surface area (Å²) in [6.07, 6.45) is 1.34. The molecule has 0 heterocycles. The fourth-order valence-electron chi connectivity index (χ4n) is 1.26. The lowest BCUT2D eigenvalue weighted by atomic mass is 10.1. The highest BCUT2D eigenvalue weighted by Gasteiger charge is 2.05. The van der Waals surface area contributed by atoms with Crippen molar-refractivity contribution in [3.63, 3.8) is 0 Å². The molecule has 0 bridgehead atoms. The molecule has 0 saturated carbocycles. The van der Waals surface area contributed by atoms with Gasteiger partial charge in [0.25, 0.3) is 0 Å². The fourth-order valence-corrected chi connectivity index (χ4v) is 1.45. The summed E-state index contributed by atoms with van der Waals surface area (Å²) >= 11 is 5.73.